The van der Waals surface area contributed by atoms with Gasteiger partial charge in [-0.1, -0.05) is 26.5 Å². The monoisotopic (exact) mass is 240 g/mol. The molecule has 1 atom stereocenters. The van der Waals surface area contributed by atoms with Gasteiger partial charge >= 0.3 is 5.97 Å². The molecule has 0 amide bonds. The first-order valence-electron chi connectivity index (χ1n) is 5.12. The van der Waals surface area contributed by atoms with Crippen molar-refractivity contribution in [3.8, 4) is 5.75 Å². The molecule has 88 valence electrons. The average molecular weight is 240 g/mol. The molecule has 0 aromatic carbocycles. The molecule has 1 rings (SSSR count). The zero-order valence-electron chi connectivity index (χ0n) is 9.69. The fourth-order valence-corrected chi connectivity index (χ4v) is 2.09. The summed E-state index contributed by atoms with van der Waals surface area (Å²) in [4.78, 5) is 12.3. The highest BCUT2D eigenvalue weighted by molar-refractivity contribution is 7.14. The smallest absolute Gasteiger partial charge is 0.349 e. The van der Waals surface area contributed by atoms with Gasteiger partial charge in [0.15, 0.2) is 4.88 Å². The summed E-state index contributed by atoms with van der Waals surface area (Å²) in [5.74, 6) is -0.198. The highest BCUT2D eigenvalue weighted by Crippen LogP contribution is 2.34. The van der Waals surface area contributed by atoms with Crippen LogP contribution in [0.2, 0.25) is 0 Å². The molecule has 0 radical (unpaired) electrons. The van der Waals surface area contributed by atoms with Crippen LogP contribution in [0.1, 0.15) is 41.2 Å². The van der Waals surface area contributed by atoms with Gasteiger partial charge in [0.2, 0.25) is 0 Å². The van der Waals surface area contributed by atoms with Gasteiger partial charge in [-0.25, -0.2) is 4.79 Å². The van der Waals surface area contributed by atoms with Gasteiger partial charge in [-0.3, -0.25) is 0 Å². The van der Waals surface area contributed by atoms with Crippen LogP contribution >= 0.6 is 11.3 Å². The molecule has 0 aliphatic rings. The van der Waals surface area contributed by atoms with Crippen LogP contribution in [0.4, 0.5) is 0 Å². The van der Waals surface area contributed by atoms with Gasteiger partial charge in [-0.15, -0.1) is 11.3 Å². The van der Waals surface area contributed by atoms with Crippen LogP contribution in [0, 0.1) is 0 Å². The van der Waals surface area contributed by atoms with Crippen LogP contribution in [0.15, 0.2) is 18.7 Å². The molecule has 1 aromatic rings. The van der Waals surface area contributed by atoms with Crippen molar-refractivity contribution in [3.63, 3.8) is 0 Å². The third-order valence-corrected chi connectivity index (χ3v) is 3.53. The van der Waals surface area contributed by atoms with E-state index in [1.54, 1.807) is 12.1 Å². The molecule has 4 heteroatoms. The summed E-state index contributed by atoms with van der Waals surface area (Å²) in [6, 6.07) is 1.80. The summed E-state index contributed by atoms with van der Waals surface area (Å²) < 4.78 is 5.50. The molecule has 0 saturated carbocycles. The number of carboxylic acid groups (broad SMARTS) is 1. The Bertz CT molecular complexity index is 393. The SMILES string of the molecule is C=CC(C)Oc1cc(C(C)C)sc1C(=O)O. The predicted molar refractivity (Wildman–Crippen MR) is 65.7 cm³/mol. The Morgan fingerprint density at radius 1 is 1.56 bits per heavy atom. The molecular formula is C12H16O3S. The Morgan fingerprint density at radius 3 is 2.62 bits per heavy atom. The Morgan fingerprint density at radius 2 is 2.19 bits per heavy atom. The molecule has 1 N–H and O–H groups in total. The standard InChI is InChI=1S/C12H16O3S/c1-5-8(4)15-9-6-10(7(2)3)16-11(9)12(13)14/h5-8H,1H2,2-4H3,(H,13,14). The maximum atomic E-state index is 11.0. The van der Waals surface area contributed by atoms with E-state index in [9.17, 15) is 4.79 Å². The molecular weight excluding hydrogens is 224 g/mol. The molecule has 1 unspecified atom stereocenters. The van der Waals surface area contributed by atoms with Crippen LogP contribution in [-0.4, -0.2) is 17.2 Å². The number of aromatic carboxylic acids is 1. The van der Waals surface area contributed by atoms with E-state index in [-0.39, 0.29) is 11.0 Å². The zero-order chi connectivity index (χ0) is 12.3. The summed E-state index contributed by atoms with van der Waals surface area (Å²) in [7, 11) is 0. The quantitative estimate of drug-likeness (QED) is 0.801. The van der Waals surface area contributed by atoms with Gasteiger partial charge in [-0.2, -0.15) is 0 Å². The molecule has 1 heterocycles. The molecule has 0 fully saturated rings. The third-order valence-electron chi connectivity index (χ3n) is 2.13. The number of rotatable bonds is 5. The number of carbonyl (C=O) groups is 1. The Kier molecular flexibility index (Phi) is 4.12. The Labute approximate surface area is 99.4 Å². The maximum absolute atomic E-state index is 11.0. The van der Waals surface area contributed by atoms with Gasteiger partial charge in [0, 0.05) is 4.88 Å². The van der Waals surface area contributed by atoms with E-state index in [1.807, 2.05) is 20.8 Å². The van der Waals surface area contributed by atoms with E-state index < -0.39 is 5.97 Å². The van der Waals surface area contributed by atoms with Crippen molar-refractivity contribution in [2.75, 3.05) is 0 Å². The lowest BCUT2D eigenvalue weighted by Gasteiger charge is -2.09. The molecule has 0 saturated heterocycles. The number of thiophene rings is 1. The lowest BCUT2D eigenvalue weighted by molar-refractivity contribution is 0.0697. The molecule has 0 bridgehead atoms. The predicted octanol–water partition coefficient (Wildman–Crippen LogP) is 3.52. The summed E-state index contributed by atoms with van der Waals surface area (Å²) in [6.07, 6.45) is 1.45. The second-order valence-electron chi connectivity index (χ2n) is 3.86. The summed E-state index contributed by atoms with van der Waals surface area (Å²) >= 11 is 1.27. The first kappa shape index (κ1) is 12.8. The minimum absolute atomic E-state index is 0.187. The van der Waals surface area contributed by atoms with Gasteiger partial charge in [0.05, 0.1) is 0 Å². The van der Waals surface area contributed by atoms with Crippen molar-refractivity contribution in [1.29, 1.82) is 0 Å². The molecule has 0 spiro atoms. The number of ether oxygens (including phenoxy) is 1. The van der Waals surface area contributed by atoms with Crippen LogP contribution in [-0.2, 0) is 0 Å². The Hall–Kier alpha value is -1.29. The lowest BCUT2D eigenvalue weighted by atomic mass is 10.2. The van der Waals surface area contributed by atoms with Gasteiger partial charge in [-0.05, 0) is 18.9 Å². The van der Waals surface area contributed by atoms with E-state index in [1.165, 1.54) is 11.3 Å². The minimum atomic E-state index is -0.942. The number of hydrogen-bond donors (Lipinski definition) is 1. The molecule has 1 aromatic heterocycles. The molecule has 0 aliphatic carbocycles. The topological polar surface area (TPSA) is 46.5 Å². The number of hydrogen-bond acceptors (Lipinski definition) is 3. The molecule has 3 nitrogen and oxygen atoms in total. The maximum Gasteiger partial charge on any atom is 0.349 e. The average Bonchev–Trinajstić information content (AvgIpc) is 2.61. The fraction of sp³-hybridized carbons (Fsp3) is 0.417. The van der Waals surface area contributed by atoms with Crippen LogP contribution in [0.5, 0.6) is 5.75 Å². The molecule has 0 aliphatic heterocycles. The van der Waals surface area contributed by atoms with Gasteiger partial charge < -0.3 is 9.84 Å². The summed E-state index contributed by atoms with van der Waals surface area (Å²) in [6.45, 7) is 9.48. The van der Waals surface area contributed by atoms with Crippen molar-refractivity contribution in [1.82, 2.24) is 0 Å². The Balaban J connectivity index is 3.05. The summed E-state index contributed by atoms with van der Waals surface area (Å²) in [5.41, 5.74) is 0. The van der Waals surface area contributed by atoms with Gasteiger partial charge in [0.1, 0.15) is 11.9 Å². The third kappa shape index (κ3) is 2.85. The highest BCUT2D eigenvalue weighted by atomic mass is 32.1. The van der Waals surface area contributed by atoms with E-state index in [0.29, 0.717) is 11.7 Å². The second-order valence-corrected chi connectivity index (χ2v) is 4.94. The van der Waals surface area contributed by atoms with Crippen LogP contribution < -0.4 is 4.74 Å². The first-order valence-corrected chi connectivity index (χ1v) is 5.93. The van der Waals surface area contributed by atoms with Crippen molar-refractivity contribution in [2.45, 2.75) is 32.8 Å². The van der Waals surface area contributed by atoms with E-state index >= 15 is 0 Å². The fourth-order valence-electron chi connectivity index (χ4n) is 1.16. The van der Waals surface area contributed by atoms with Crippen molar-refractivity contribution in [3.05, 3.63) is 28.5 Å². The van der Waals surface area contributed by atoms with Crippen molar-refractivity contribution >= 4 is 17.3 Å². The van der Waals surface area contributed by atoms with E-state index in [0.717, 1.165) is 4.88 Å². The van der Waals surface area contributed by atoms with E-state index in [4.69, 9.17) is 9.84 Å². The zero-order valence-corrected chi connectivity index (χ0v) is 10.5. The minimum Gasteiger partial charge on any atom is -0.485 e. The van der Waals surface area contributed by atoms with Crippen molar-refractivity contribution < 1.29 is 14.6 Å². The first-order chi connectivity index (χ1) is 7.45. The van der Waals surface area contributed by atoms with E-state index in [2.05, 4.69) is 6.58 Å². The molecule has 16 heavy (non-hydrogen) atoms. The largest absolute Gasteiger partial charge is 0.485 e. The van der Waals surface area contributed by atoms with Gasteiger partial charge in [0.25, 0.3) is 0 Å². The van der Waals surface area contributed by atoms with Crippen molar-refractivity contribution in [2.24, 2.45) is 0 Å². The highest BCUT2D eigenvalue weighted by Gasteiger charge is 2.19. The normalized spacial score (nSPS) is 12.5. The van der Waals surface area contributed by atoms with Crippen LogP contribution in [0.25, 0.3) is 0 Å². The number of carboxylic acids is 1. The second kappa shape index (κ2) is 5.16. The summed E-state index contributed by atoms with van der Waals surface area (Å²) in [5, 5.41) is 9.05. The van der Waals surface area contributed by atoms with Crippen LogP contribution in [0.3, 0.4) is 0 Å². The lowest BCUT2D eigenvalue weighted by Crippen LogP contribution is -2.09.